The number of nitrogens with one attached hydrogen (secondary N) is 1. The summed E-state index contributed by atoms with van der Waals surface area (Å²) in [6.07, 6.45) is 3.22. The van der Waals surface area contributed by atoms with Crippen molar-refractivity contribution in [2.75, 3.05) is 6.61 Å². The maximum absolute atomic E-state index is 11.8. The van der Waals surface area contributed by atoms with Crippen LogP contribution in [0.4, 0.5) is 0 Å². The predicted molar refractivity (Wildman–Crippen MR) is 79.9 cm³/mol. The first kappa shape index (κ1) is 14.0. The Hall–Kier alpha value is -2.39. The topological polar surface area (TPSA) is 49.3 Å². The first-order valence-electron chi connectivity index (χ1n) is 6.49. The van der Waals surface area contributed by atoms with Gasteiger partial charge in [0.25, 0.3) is 0 Å². The van der Waals surface area contributed by atoms with Crippen LogP contribution in [-0.2, 0) is 4.79 Å². The van der Waals surface area contributed by atoms with Crippen molar-refractivity contribution < 1.29 is 9.90 Å². The monoisotopic (exact) mass is 267 g/mol. The molecule has 2 rings (SSSR count). The predicted octanol–water partition coefficient (Wildman–Crippen LogP) is 2.55. The summed E-state index contributed by atoms with van der Waals surface area (Å²) in [5, 5.41) is 12.2. The second-order valence-electron chi connectivity index (χ2n) is 4.40. The van der Waals surface area contributed by atoms with E-state index in [0.29, 0.717) is 0 Å². The molecule has 0 radical (unpaired) electrons. The summed E-state index contributed by atoms with van der Waals surface area (Å²) < 4.78 is 0. The fraction of sp³-hybridized carbons (Fsp3) is 0.118. The van der Waals surface area contributed by atoms with Crippen LogP contribution in [0, 0.1) is 0 Å². The fourth-order valence-electron chi connectivity index (χ4n) is 1.88. The minimum atomic E-state index is -0.385. The number of aliphatic hydroxyl groups is 1. The maximum Gasteiger partial charge on any atom is 0.244 e. The van der Waals surface area contributed by atoms with Gasteiger partial charge >= 0.3 is 0 Å². The highest BCUT2D eigenvalue weighted by molar-refractivity contribution is 5.92. The van der Waals surface area contributed by atoms with E-state index in [1.165, 1.54) is 6.08 Å². The standard InChI is InChI=1S/C17H17NO2/c19-13-16(15-9-5-2-6-10-15)18-17(20)12-11-14-7-3-1-4-8-14/h1-12,16,19H,13H2,(H,18,20). The Bertz CT molecular complexity index is 564. The highest BCUT2D eigenvalue weighted by Gasteiger charge is 2.11. The summed E-state index contributed by atoms with van der Waals surface area (Å²) in [7, 11) is 0. The average Bonchev–Trinajstić information content (AvgIpc) is 2.52. The molecule has 2 aromatic carbocycles. The van der Waals surface area contributed by atoms with Crippen molar-refractivity contribution in [1.29, 1.82) is 0 Å². The Morgan fingerprint density at radius 2 is 1.65 bits per heavy atom. The number of amides is 1. The Morgan fingerprint density at radius 1 is 1.05 bits per heavy atom. The van der Waals surface area contributed by atoms with Crippen molar-refractivity contribution >= 4 is 12.0 Å². The number of carbonyl (C=O) groups excluding carboxylic acids is 1. The lowest BCUT2D eigenvalue weighted by molar-refractivity contribution is -0.117. The van der Waals surface area contributed by atoms with Gasteiger partial charge in [-0.3, -0.25) is 4.79 Å². The van der Waals surface area contributed by atoms with Crippen molar-refractivity contribution in [3.05, 3.63) is 77.9 Å². The van der Waals surface area contributed by atoms with Crippen molar-refractivity contribution in [1.82, 2.24) is 5.32 Å². The second kappa shape index (κ2) is 7.26. The zero-order valence-corrected chi connectivity index (χ0v) is 11.1. The van der Waals surface area contributed by atoms with Gasteiger partial charge in [-0.15, -0.1) is 0 Å². The molecule has 0 spiro atoms. The molecule has 0 fully saturated rings. The van der Waals surface area contributed by atoms with E-state index in [1.807, 2.05) is 60.7 Å². The molecule has 1 atom stereocenters. The van der Waals surface area contributed by atoms with Crippen LogP contribution < -0.4 is 5.32 Å². The minimum Gasteiger partial charge on any atom is -0.394 e. The third kappa shape index (κ3) is 4.07. The molecule has 3 heteroatoms. The molecule has 1 unspecified atom stereocenters. The van der Waals surface area contributed by atoms with E-state index < -0.39 is 0 Å². The summed E-state index contributed by atoms with van der Waals surface area (Å²) in [6, 6.07) is 18.6. The van der Waals surface area contributed by atoms with E-state index in [4.69, 9.17) is 0 Å². The van der Waals surface area contributed by atoms with E-state index >= 15 is 0 Å². The van der Waals surface area contributed by atoms with Crippen LogP contribution in [0.3, 0.4) is 0 Å². The Labute approximate surface area is 118 Å². The van der Waals surface area contributed by atoms with Gasteiger partial charge in [0, 0.05) is 6.08 Å². The van der Waals surface area contributed by atoms with Gasteiger partial charge in [0.05, 0.1) is 12.6 Å². The van der Waals surface area contributed by atoms with Crippen LogP contribution >= 0.6 is 0 Å². The summed E-state index contributed by atoms with van der Waals surface area (Å²) in [4.78, 5) is 11.8. The van der Waals surface area contributed by atoms with Crippen LogP contribution in [-0.4, -0.2) is 17.6 Å². The Balaban J connectivity index is 1.98. The van der Waals surface area contributed by atoms with Crippen LogP contribution in [0.5, 0.6) is 0 Å². The summed E-state index contributed by atoms with van der Waals surface area (Å²) in [6.45, 7) is -0.130. The minimum absolute atomic E-state index is 0.130. The lowest BCUT2D eigenvalue weighted by Crippen LogP contribution is -2.29. The van der Waals surface area contributed by atoms with Crippen LogP contribution in [0.25, 0.3) is 6.08 Å². The number of carbonyl (C=O) groups is 1. The normalized spacial score (nSPS) is 12.2. The maximum atomic E-state index is 11.8. The molecule has 1 amide bonds. The van der Waals surface area contributed by atoms with Gasteiger partial charge in [-0.1, -0.05) is 60.7 Å². The first-order chi connectivity index (χ1) is 9.79. The molecule has 102 valence electrons. The number of rotatable bonds is 5. The molecule has 2 N–H and O–H groups in total. The zero-order chi connectivity index (χ0) is 14.2. The third-order valence-corrected chi connectivity index (χ3v) is 2.93. The molecule has 0 bridgehead atoms. The highest BCUT2D eigenvalue weighted by Crippen LogP contribution is 2.11. The molecular formula is C17H17NO2. The molecule has 0 aliphatic heterocycles. The molecule has 2 aromatic rings. The van der Waals surface area contributed by atoms with Crippen LogP contribution in [0.15, 0.2) is 66.7 Å². The quantitative estimate of drug-likeness (QED) is 0.818. The SMILES string of the molecule is O=C(C=Cc1ccccc1)NC(CO)c1ccccc1. The molecule has 0 saturated carbocycles. The van der Waals surface area contributed by atoms with E-state index in [-0.39, 0.29) is 18.6 Å². The van der Waals surface area contributed by atoms with Gasteiger partial charge in [0.1, 0.15) is 0 Å². The van der Waals surface area contributed by atoms with Gasteiger partial charge in [-0.05, 0) is 17.2 Å². The molecule has 0 heterocycles. The van der Waals surface area contributed by atoms with E-state index in [9.17, 15) is 9.90 Å². The molecule has 0 aromatic heterocycles. The number of aliphatic hydroxyl groups excluding tert-OH is 1. The molecule has 3 nitrogen and oxygen atoms in total. The van der Waals surface area contributed by atoms with Crippen LogP contribution in [0.1, 0.15) is 17.2 Å². The average molecular weight is 267 g/mol. The van der Waals surface area contributed by atoms with Crippen molar-refractivity contribution in [2.45, 2.75) is 6.04 Å². The Morgan fingerprint density at radius 3 is 2.25 bits per heavy atom. The summed E-state index contributed by atoms with van der Waals surface area (Å²) >= 11 is 0. The van der Waals surface area contributed by atoms with Gasteiger partial charge < -0.3 is 10.4 Å². The summed E-state index contributed by atoms with van der Waals surface area (Å²) in [5.74, 6) is -0.225. The molecule has 0 aliphatic rings. The number of hydrogen-bond acceptors (Lipinski definition) is 2. The molecule has 0 aliphatic carbocycles. The molecule has 0 saturated heterocycles. The first-order valence-corrected chi connectivity index (χ1v) is 6.49. The third-order valence-electron chi connectivity index (χ3n) is 2.93. The smallest absolute Gasteiger partial charge is 0.244 e. The van der Waals surface area contributed by atoms with Crippen molar-refractivity contribution in [3.8, 4) is 0 Å². The zero-order valence-electron chi connectivity index (χ0n) is 11.1. The highest BCUT2D eigenvalue weighted by atomic mass is 16.3. The van der Waals surface area contributed by atoms with Crippen LogP contribution in [0.2, 0.25) is 0 Å². The Kier molecular flexibility index (Phi) is 5.09. The van der Waals surface area contributed by atoms with E-state index in [2.05, 4.69) is 5.32 Å². The van der Waals surface area contributed by atoms with E-state index in [0.717, 1.165) is 11.1 Å². The largest absolute Gasteiger partial charge is 0.394 e. The lowest BCUT2D eigenvalue weighted by atomic mass is 10.1. The molecular weight excluding hydrogens is 250 g/mol. The lowest BCUT2D eigenvalue weighted by Gasteiger charge is -2.15. The number of hydrogen-bond donors (Lipinski definition) is 2. The van der Waals surface area contributed by atoms with Crippen molar-refractivity contribution in [2.24, 2.45) is 0 Å². The van der Waals surface area contributed by atoms with E-state index in [1.54, 1.807) is 6.08 Å². The molecule has 20 heavy (non-hydrogen) atoms. The number of benzene rings is 2. The van der Waals surface area contributed by atoms with Gasteiger partial charge in [-0.25, -0.2) is 0 Å². The van der Waals surface area contributed by atoms with Gasteiger partial charge in [0.2, 0.25) is 5.91 Å². The van der Waals surface area contributed by atoms with Crippen molar-refractivity contribution in [3.63, 3.8) is 0 Å². The van der Waals surface area contributed by atoms with Gasteiger partial charge in [-0.2, -0.15) is 0 Å². The summed E-state index contributed by atoms with van der Waals surface area (Å²) in [5.41, 5.74) is 1.85. The fourth-order valence-corrected chi connectivity index (χ4v) is 1.88. The second-order valence-corrected chi connectivity index (χ2v) is 4.40. The van der Waals surface area contributed by atoms with Gasteiger partial charge in [0.15, 0.2) is 0 Å².